The van der Waals surface area contributed by atoms with Crippen LogP contribution in [-0.2, 0) is 9.47 Å². The van der Waals surface area contributed by atoms with E-state index in [0.29, 0.717) is 18.4 Å². The Hall–Kier alpha value is -1.94. The molecule has 1 aromatic carbocycles. The molecule has 0 unspecified atom stereocenters. The number of hydrogen-bond acceptors (Lipinski definition) is 4. The van der Waals surface area contributed by atoms with E-state index in [1.807, 2.05) is 6.92 Å². The highest BCUT2D eigenvalue weighted by Crippen LogP contribution is 2.34. The summed E-state index contributed by atoms with van der Waals surface area (Å²) < 4.78 is 98.4. The summed E-state index contributed by atoms with van der Waals surface area (Å²) in [6.07, 6.45) is -6.69. The molecule has 0 aromatic heterocycles. The predicted octanol–water partition coefficient (Wildman–Crippen LogP) is 4.88. The third-order valence-electron chi connectivity index (χ3n) is 3.57. The van der Waals surface area contributed by atoms with Crippen molar-refractivity contribution < 1.29 is 45.3 Å². The molecule has 0 spiro atoms. The lowest BCUT2D eigenvalue weighted by Gasteiger charge is -2.33. The van der Waals surface area contributed by atoms with Crippen molar-refractivity contribution in [1.82, 2.24) is 0 Å². The maximum Gasteiger partial charge on any atom is 0.451 e. The van der Waals surface area contributed by atoms with Gasteiger partial charge < -0.3 is 18.9 Å². The second-order valence-corrected chi connectivity index (χ2v) is 5.81. The Kier molecular flexibility index (Phi) is 7.37. The first-order valence-corrected chi connectivity index (χ1v) is 8.13. The Labute approximate surface area is 151 Å². The molecule has 1 saturated heterocycles. The molecule has 1 aliphatic heterocycles. The fourth-order valence-corrected chi connectivity index (χ4v) is 2.39. The van der Waals surface area contributed by atoms with Crippen LogP contribution in [0.4, 0.5) is 26.3 Å². The van der Waals surface area contributed by atoms with Crippen LogP contribution in [0.15, 0.2) is 24.5 Å². The van der Waals surface area contributed by atoms with Crippen LogP contribution in [0.3, 0.4) is 0 Å². The van der Waals surface area contributed by atoms with E-state index < -0.39 is 42.0 Å². The van der Waals surface area contributed by atoms with Crippen molar-refractivity contribution in [3.63, 3.8) is 0 Å². The van der Waals surface area contributed by atoms with Gasteiger partial charge >= 0.3 is 6.11 Å². The molecule has 27 heavy (non-hydrogen) atoms. The minimum atomic E-state index is -4.01. The maximum absolute atomic E-state index is 14.1. The Morgan fingerprint density at radius 3 is 2.30 bits per heavy atom. The number of alkyl halides is 4. The average molecular weight is 400 g/mol. The van der Waals surface area contributed by atoms with Crippen molar-refractivity contribution in [2.24, 2.45) is 5.92 Å². The van der Waals surface area contributed by atoms with Crippen LogP contribution in [0.2, 0.25) is 0 Å². The van der Waals surface area contributed by atoms with Gasteiger partial charge in [0.1, 0.15) is 5.75 Å². The minimum Gasteiger partial charge on any atom is -0.459 e. The van der Waals surface area contributed by atoms with Crippen LogP contribution < -0.4 is 9.47 Å². The van der Waals surface area contributed by atoms with Gasteiger partial charge in [0.25, 0.3) is 12.7 Å². The van der Waals surface area contributed by atoms with E-state index in [1.165, 1.54) is 0 Å². The van der Waals surface area contributed by atoms with Crippen molar-refractivity contribution in [2.45, 2.75) is 38.6 Å². The van der Waals surface area contributed by atoms with Crippen LogP contribution in [0.1, 0.15) is 19.8 Å². The monoisotopic (exact) mass is 400 g/mol. The Bertz CT molecular complexity index is 621. The van der Waals surface area contributed by atoms with Crippen molar-refractivity contribution >= 4 is 0 Å². The first kappa shape index (κ1) is 21.4. The number of benzene rings is 1. The normalized spacial score (nSPS) is 21.0. The molecule has 4 nitrogen and oxygen atoms in total. The number of ether oxygens (including phenoxy) is 4. The average Bonchev–Trinajstić information content (AvgIpc) is 2.57. The second-order valence-electron chi connectivity index (χ2n) is 5.81. The molecule has 1 heterocycles. The van der Waals surface area contributed by atoms with E-state index in [0.717, 1.165) is 12.8 Å². The van der Waals surface area contributed by atoms with Crippen molar-refractivity contribution in [2.75, 3.05) is 13.2 Å². The van der Waals surface area contributed by atoms with E-state index in [9.17, 15) is 26.3 Å². The Morgan fingerprint density at radius 2 is 1.78 bits per heavy atom. The van der Waals surface area contributed by atoms with Gasteiger partial charge in [-0.1, -0.05) is 13.3 Å². The van der Waals surface area contributed by atoms with Crippen LogP contribution in [-0.4, -0.2) is 32.0 Å². The van der Waals surface area contributed by atoms with Crippen molar-refractivity contribution in [3.05, 3.63) is 36.1 Å². The smallest absolute Gasteiger partial charge is 0.451 e. The summed E-state index contributed by atoms with van der Waals surface area (Å²) in [5.74, 6) is -4.71. The molecule has 0 amide bonds. The zero-order valence-electron chi connectivity index (χ0n) is 14.3. The summed E-state index contributed by atoms with van der Waals surface area (Å²) in [5, 5.41) is 0. The topological polar surface area (TPSA) is 36.9 Å². The first-order chi connectivity index (χ1) is 12.7. The fraction of sp³-hybridized carbons (Fsp3) is 0.529. The van der Waals surface area contributed by atoms with Gasteiger partial charge in [0.15, 0.2) is 17.4 Å². The summed E-state index contributed by atoms with van der Waals surface area (Å²) in [4.78, 5) is 0. The summed E-state index contributed by atoms with van der Waals surface area (Å²) in [6.45, 7) is 2.02. The standard InChI is InChI=1S/C17H18F6O4/c1-2-3-10-8-25-16(26-9-10)17(22,23)27-11-6-12(18)15(13(19)7-11)24-5-4-14(20)21/h4-7,10,14,16H,2-3,8-9H2,1H3. The van der Waals surface area contributed by atoms with Gasteiger partial charge in [0, 0.05) is 24.1 Å². The van der Waals surface area contributed by atoms with Gasteiger partial charge in [0.2, 0.25) is 0 Å². The minimum absolute atomic E-state index is 0.0188. The lowest BCUT2D eigenvalue weighted by molar-refractivity contribution is -0.352. The fourth-order valence-electron chi connectivity index (χ4n) is 2.39. The van der Waals surface area contributed by atoms with Crippen LogP contribution >= 0.6 is 0 Å². The summed E-state index contributed by atoms with van der Waals surface area (Å²) in [6, 6.07) is 0.872. The van der Waals surface area contributed by atoms with Gasteiger partial charge in [-0.15, -0.1) is 0 Å². The number of halogens is 6. The summed E-state index contributed by atoms with van der Waals surface area (Å²) in [7, 11) is 0. The number of rotatable bonds is 8. The van der Waals surface area contributed by atoms with Crippen LogP contribution in [0, 0.1) is 17.6 Å². The molecule has 0 aliphatic carbocycles. The van der Waals surface area contributed by atoms with E-state index >= 15 is 0 Å². The SMILES string of the molecule is CCCC1COC(C(F)(F)Oc2cc(F)c(OC=CC(F)F)c(F)c2)OC1. The van der Waals surface area contributed by atoms with Crippen LogP contribution in [0.5, 0.6) is 11.5 Å². The Morgan fingerprint density at radius 1 is 1.19 bits per heavy atom. The number of hydrogen-bond donors (Lipinski definition) is 0. The lowest BCUT2D eigenvalue weighted by atomic mass is 10.1. The largest absolute Gasteiger partial charge is 0.459 e. The molecular weight excluding hydrogens is 382 g/mol. The molecule has 0 bridgehead atoms. The molecule has 10 heteroatoms. The van der Waals surface area contributed by atoms with Gasteiger partial charge in [-0.2, -0.15) is 8.78 Å². The van der Waals surface area contributed by atoms with E-state index in [4.69, 9.17) is 9.47 Å². The third kappa shape index (κ3) is 6.03. The summed E-state index contributed by atoms with van der Waals surface area (Å²) in [5.41, 5.74) is 0. The highest BCUT2D eigenvalue weighted by Gasteiger charge is 2.47. The zero-order chi connectivity index (χ0) is 20.0. The first-order valence-electron chi connectivity index (χ1n) is 8.13. The van der Waals surface area contributed by atoms with Gasteiger partial charge in [0.05, 0.1) is 19.5 Å². The molecule has 0 N–H and O–H groups in total. The van der Waals surface area contributed by atoms with Crippen LogP contribution in [0.25, 0.3) is 0 Å². The van der Waals surface area contributed by atoms with Crippen molar-refractivity contribution in [3.8, 4) is 11.5 Å². The van der Waals surface area contributed by atoms with E-state index in [1.54, 1.807) is 0 Å². The van der Waals surface area contributed by atoms with Gasteiger partial charge in [-0.05, 0) is 6.42 Å². The highest BCUT2D eigenvalue weighted by molar-refractivity contribution is 5.35. The predicted molar refractivity (Wildman–Crippen MR) is 81.8 cm³/mol. The number of allylic oxidation sites excluding steroid dienone is 1. The summed E-state index contributed by atoms with van der Waals surface area (Å²) >= 11 is 0. The molecule has 1 aromatic rings. The van der Waals surface area contributed by atoms with E-state index in [-0.39, 0.29) is 25.2 Å². The van der Waals surface area contributed by atoms with Gasteiger partial charge in [-0.3, -0.25) is 0 Å². The molecular formula is C17H18F6O4. The molecule has 0 radical (unpaired) electrons. The molecule has 1 aliphatic rings. The zero-order valence-corrected chi connectivity index (χ0v) is 14.3. The molecule has 1 fully saturated rings. The lowest BCUT2D eigenvalue weighted by Crippen LogP contribution is -2.47. The highest BCUT2D eigenvalue weighted by atomic mass is 19.3. The molecule has 0 saturated carbocycles. The van der Waals surface area contributed by atoms with Crippen molar-refractivity contribution in [1.29, 1.82) is 0 Å². The third-order valence-corrected chi connectivity index (χ3v) is 3.57. The molecule has 152 valence electrons. The second kappa shape index (κ2) is 9.32. The molecule has 0 atom stereocenters. The van der Waals surface area contributed by atoms with E-state index in [2.05, 4.69) is 9.47 Å². The van der Waals surface area contributed by atoms with Gasteiger partial charge in [-0.25, -0.2) is 17.6 Å². The Balaban J connectivity index is 2.03. The maximum atomic E-state index is 14.1. The quantitative estimate of drug-likeness (QED) is 0.460. The molecule has 2 rings (SSSR count).